The molecular formula is C21H22N2O5. The number of amides is 1. The molecule has 0 radical (unpaired) electrons. The third-order valence-electron chi connectivity index (χ3n) is 4.62. The average Bonchev–Trinajstić information content (AvgIpc) is 3.17. The number of carboxylic acid groups (broad SMARTS) is 1. The van der Waals surface area contributed by atoms with E-state index < -0.39 is 5.97 Å². The molecule has 2 aromatic rings. The van der Waals surface area contributed by atoms with Gasteiger partial charge in [-0.25, -0.2) is 5.01 Å². The first-order chi connectivity index (χ1) is 13.5. The van der Waals surface area contributed by atoms with Gasteiger partial charge in [0.25, 0.3) is 0 Å². The van der Waals surface area contributed by atoms with Crippen LogP contribution in [0.5, 0.6) is 11.5 Å². The number of ether oxygens (including phenoxy) is 2. The molecule has 0 aromatic heterocycles. The molecule has 7 heteroatoms. The quantitative estimate of drug-likeness (QED) is 0.794. The number of hydrogen-bond acceptors (Lipinski definition) is 5. The Hall–Kier alpha value is -3.35. The lowest BCUT2D eigenvalue weighted by Crippen LogP contribution is -2.27. The Morgan fingerprint density at radius 2 is 1.79 bits per heavy atom. The first-order valence-corrected chi connectivity index (χ1v) is 8.92. The first-order valence-electron chi connectivity index (χ1n) is 8.92. The van der Waals surface area contributed by atoms with Gasteiger partial charge in [-0.1, -0.05) is 30.3 Å². The summed E-state index contributed by atoms with van der Waals surface area (Å²) in [6, 6.07) is 14.8. The molecule has 3 rings (SSSR count). The van der Waals surface area contributed by atoms with E-state index in [4.69, 9.17) is 14.6 Å². The fourth-order valence-electron chi connectivity index (χ4n) is 3.19. The number of benzene rings is 2. The molecule has 7 nitrogen and oxygen atoms in total. The lowest BCUT2D eigenvalue weighted by Gasteiger charge is -2.21. The Balaban J connectivity index is 1.93. The van der Waals surface area contributed by atoms with Crippen LogP contribution in [0, 0.1) is 0 Å². The molecule has 1 heterocycles. The predicted molar refractivity (Wildman–Crippen MR) is 104 cm³/mol. The van der Waals surface area contributed by atoms with E-state index in [1.807, 2.05) is 42.5 Å². The van der Waals surface area contributed by atoms with Crippen molar-refractivity contribution in [1.82, 2.24) is 5.01 Å². The summed E-state index contributed by atoms with van der Waals surface area (Å²) in [5, 5.41) is 14.8. The molecule has 1 atom stereocenters. The number of carbonyl (C=O) groups is 2. The summed E-state index contributed by atoms with van der Waals surface area (Å²) in [6.45, 7) is 0. The Bertz CT molecular complexity index is 895. The minimum Gasteiger partial charge on any atom is -0.493 e. The van der Waals surface area contributed by atoms with Crippen LogP contribution in [-0.4, -0.2) is 41.9 Å². The molecule has 1 aliphatic rings. The summed E-state index contributed by atoms with van der Waals surface area (Å²) in [4.78, 5) is 23.5. The normalized spacial score (nSPS) is 15.9. The number of hydrazone groups is 1. The van der Waals surface area contributed by atoms with Gasteiger partial charge in [-0.3, -0.25) is 9.59 Å². The molecule has 1 N–H and O–H groups in total. The molecule has 1 aliphatic heterocycles. The molecule has 0 spiro atoms. The van der Waals surface area contributed by atoms with Crippen LogP contribution in [0.3, 0.4) is 0 Å². The zero-order valence-corrected chi connectivity index (χ0v) is 15.8. The van der Waals surface area contributed by atoms with Crippen LogP contribution in [0.1, 0.15) is 36.4 Å². The SMILES string of the molecule is COc1ccc(C2=NN(C(=O)CCC(=O)O)[C@H](c3ccccc3)C2)cc1OC. The molecule has 28 heavy (non-hydrogen) atoms. The van der Waals surface area contributed by atoms with Crippen molar-refractivity contribution in [2.24, 2.45) is 5.10 Å². The molecule has 0 bridgehead atoms. The maximum absolute atomic E-state index is 12.6. The number of carbonyl (C=O) groups excluding carboxylic acids is 1. The predicted octanol–water partition coefficient (Wildman–Crippen LogP) is 3.25. The van der Waals surface area contributed by atoms with Gasteiger partial charge < -0.3 is 14.6 Å². The minimum absolute atomic E-state index is 0.0959. The molecule has 0 aliphatic carbocycles. The van der Waals surface area contributed by atoms with E-state index in [-0.39, 0.29) is 24.8 Å². The number of aliphatic carboxylic acids is 1. The minimum atomic E-state index is -1.01. The lowest BCUT2D eigenvalue weighted by atomic mass is 9.98. The van der Waals surface area contributed by atoms with Crippen molar-refractivity contribution >= 4 is 17.6 Å². The van der Waals surface area contributed by atoms with Gasteiger partial charge in [0.05, 0.1) is 32.4 Å². The van der Waals surface area contributed by atoms with Crippen LogP contribution in [0.25, 0.3) is 0 Å². The highest BCUT2D eigenvalue weighted by Crippen LogP contribution is 2.35. The van der Waals surface area contributed by atoms with Crippen molar-refractivity contribution in [2.45, 2.75) is 25.3 Å². The maximum atomic E-state index is 12.6. The van der Waals surface area contributed by atoms with Crippen LogP contribution in [-0.2, 0) is 9.59 Å². The van der Waals surface area contributed by atoms with E-state index in [0.29, 0.717) is 17.9 Å². The van der Waals surface area contributed by atoms with E-state index in [9.17, 15) is 9.59 Å². The van der Waals surface area contributed by atoms with Crippen molar-refractivity contribution in [2.75, 3.05) is 14.2 Å². The van der Waals surface area contributed by atoms with Crippen molar-refractivity contribution < 1.29 is 24.2 Å². The van der Waals surface area contributed by atoms with Crippen molar-refractivity contribution in [3.63, 3.8) is 0 Å². The Morgan fingerprint density at radius 3 is 2.43 bits per heavy atom. The first kappa shape index (κ1) is 19.4. The van der Waals surface area contributed by atoms with Crippen LogP contribution < -0.4 is 9.47 Å². The van der Waals surface area contributed by atoms with E-state index in [1.165, 1.54) is 5.01 Å². The second-order valence-corrected chi connectivity index (χ2v) is 6.38. The lowest BCUT2D eigenvalue weighted by molar-refractivity contribution is -0.141. The summed E-state index contributed by atoms with van der Waals surface area (Å²) in [5.41, 5.74) is 2.51. The fraction of sp³-hybridized carbons (Fsp3) is 0.286. The van der Waals surface area contributed by atoms with Crippen LogP contribution in [0.2, 0.25) is 0 Å². The van der Waals surface area contributed by atoms with Crippen molar-refractivity contribution in [1.29, 1.82) is 0 Å². The largest absolute Gasteiger partial charge is 0.493 e. The zero-order chi connectivity index (χ0) is 20.1. The number of methoxy groups -OCH3 is 2. The highest BCUT2D eigenvalue weighted by Gasteiger charge is 2.33. The molecule has 146 valence electrons. The highest BCUT2D eigenvalue weighted by molar-refractivity contribution is 6.03. The third kappa shape index (κ3) is 4.14. The van der Waals surface area contributed by atoms with Gasteiger partial charge in [0.2, 0.25) is 5.91 Å². The number of hydrogen-bond donors (Lipinski definition) is 1. The van der Waals surface area contributed by atoms with E-state index >= 15 is 0 Å². The molecule has 0 saturated heterocycles. The highest BCUT2D eigenvalue weighted by atomic mass is 16.5. The monoisotopic (exact) mass is 382 g/mol. The van der Waals surface area contributed by atoms with Gasteiger partial charge in [0.1, 0.15) is 0 Å². The molecule has 0 fully saturated rings. The summed E-state index contributed by atoms with van der Waals surface area (Å²) in [7, 11) is 3.13. The molecule has 0 unspecified atom stereocenters. The van der Waals surface area contributed by atoms with Crippen LogP contribution in [0.15, 0.2) is 53.6 Å². The Labute approximate surface area is 163 Å². The van der Waals surface area contributed by atoms with Gasteiger partial charge in [0, 0.05) is 18.4 Å². The topological polar surface area (TPSA) is 88.4 Å². The van der Waals surface area contributed by atoms with Crippen LogP contribution >= 0.6 is 0 Å². The number of carboxylic acids is 1. The second kappa shape index (κ2) is 8.56. The van der Waals surface area contributed by atoms with E-state index in [0.717, 1.165) is 16.8 Å². The van der Waals surface area contributed by atoms with Gasteiger partial charge >= 0.3 is 5.97 Å². The number of nitrogens with zero attached hydrogens (tertiary/aromatic N) is 2. The van der Waals surface area contributed by atoms with Crippen LogP contribution in [0.4, 0.5) is 0 Å². The zero-order valence-electron chi connectivity index (χ0n) is 15.8. The van der Waals surface area contributed by atoms with Gasteiger partial charge in [-0.15, -0.1) is 0 Å². The molecule has 0 saturated carbocycles. The second-order valence-electron chi connectivity index (χ2n) is 6.38. The Morgan fingerprint density at radius 1 is 1.07 bits per heavy atom. The van der Waals surface area contributed by atoms with Gasteiger partial charge in [0.15, 0.2) is 11.5 Å². The summed E-state index contributed by atoms with van der Waals surface area (Å²) >= 11 is 0. The van der Waals surface area contributed by atoms with Crippen molar-refractivity contribution in [3.8, 4) is 11.5 Å². The van der Waals surface area contributed by atoms with Gasteiger partial charge in [-0.2, -0.15) is 5.10 Å². The maximum Gasteiger partial charge on any atom is 0.303 e. The fourth-order valence-corrected chi connectivity index (χ4v) is 3.19. The smallest absolute Gasteiger partial charge is 0.303 e. The molecular weight excluding hydrogens is 360 g/mol. The van der Waals surface area contributed by atoms with Crippen molar-refractivity contribution in [3.05, 3.63) is 59.7 Å². The average molecular weight is 382 g/mol. The van der Waals surface area contributed by atoms with E-state index in [1.54, 1.807) is 20.3 Å². The molecule has 2 aromatic carbocycles. The summed E-state index contributed by atoms with van der Waals surface area (Å²) < 4.78 is 10.6. The summed E-state index contributed by atoms with van der Waals surface area (Å²) in [6.07, 6.45) is 0.206. The number of rotatable bonds is 7. The standard InChI is InChI=1S/C21H22N2O5/c1-27-18-9-8-15(12-19(18)28-2)16-13-17(14-6-4-3-5-7-14)23(22-16)20(24)10-11-21(25)26/h3-9,12,17H,10-11,13H2,1-2H3,(H,25,26)/t17-/m0/s1. The van der Waals surface area contributed by atoms with Gasteiger partial charge in [-0.05, 0) is 23.8 Å². The van der Waals surface area contributed by atoms with E-state index in [2.05, 4.69) is 5.10 Å². The third-order valence-corrected chi connectivity index (χ3v) is 4.62. The Kier molecular flexibility index (Phi) is 5.93. The summed E-state index contributed by atoms with van der Waals surface area (Å²) in [5.74, 6) is -0.131. The molecule has 1 amide bonds.